The highest BCUT2D eigenvalue weighted by atomic mass is 16.6. The maximum absolute atomic E-state index is 12.1. The van der Waals surface area contributed by atoms with Crippen molar-refractivity contribution in [3.8, 4) is 0 Å². The van der Waals surface area contributed by atoms with Gasteiger partial charge in [0, 0.05) is 0 Å². The summed E-state index contributed by atoms with van der Waals surface area (Å²) in [5.74, 6) is 0.349. The standard InChI is InChI=1S/C17H25NO2/c1-12(2)17(18-15(19)20-16(3,4)5)10-13-8-6-7-9-14(13)11-17/h6-9,12H,10-11H2,1-5H3,(H,18,19). The van der Waals surface area contributed by atoms with Crippen LogP contribution >= 0.6 is 0 Å². The molecular weight excluding hydrogens is 250 g/mol. The second-order valence-corrected chi connectivity index (χ2v) is 7.06. The molecule has 1 aliphatic rings. The number of rotatable bonds is 2. The number of benzene rings is 1. The molecular formula is C17H25NO2. The van der Waals surface area contributed by atoms with Crippen LogP contribution in [0.3, 0.4) is 0 Å². The summed E-state index contributed by atoms with van der Waals surface area (Å²) in [6.07, 6.45) is 1.43. The third kappa shape index (κ3) is 3.14. The first-order valence-electron chi connectivity index (χ1n) is 7.30. The molecule has 0 radical (unpaired) electrons. The lowest BCUT2D eigenvalue weighted by molar-refractivity contribution is 0.0425. The Labute approximate surface area is 121 Å². The zero-order valence-electron chi connectivity index (χ0n) is 13.1. The van der Waals surface area contributed by atoms with Crippen LogP contribution in [0.4, 0.5) is 4.79 Å². The maximum atomic E-state index is 12.1. The Morgan fingerprint density at radius 2 is 1.70 bits per heavy atom. The van der Waals surface area contributed by atoms with E-state index in [1.807, 2.05) is 20.8 Å². The molecule has 0 atom stereocenters. The highest BCUT2D eigenvalue weighted by Crippen LogP contribution is 2.35. The maximum Gasteiger partial charge on any atom is 0.408 e. The molecule has 1 N–H and O–H groups in total. The molecule has 0 aromatic heterocycles. The number of nitrogens with one attached hydrogen (secondary N) is 1. The molecule has 110 valence electrons. The Morgan fingerprint density at radius 3 is 2.10 bits per heavy atom. The van der Waals surface area contributed by atoms with Gasteiger partial charge in [-0.05, 0) is 50.7 Å². The average molecular weight is 275 g/mol. The van der Waals surface area contributed by atoms with Crippen molar-refractivity contribution in [2.45, 2.75) is 58.6 Å². The lowest BCUT2D eigenvalue weighted by atomic mass is 9.83. The molecule has 0 unspecified atom stereocenters. The summed E-state index contributed by atoms with van der Waals surface area (Å²) in [4.78, 5) is 12.1. The van der Waals surface area contributed by atoms with Crippen molar-refractivity contribution in [3.63, 3.8) is 0 Å². The summed E-state index contributed by atoms with van der Waals surface area (Å²) in [5, 5.41) is 3.13. The van der Waals surface area contributed by atoms with Gasteiger partial charge in [-0.2, -0.15) is 0 Å². The normalized spacial score (nSPS) is 16.9. The van der Waals surface area contributed by atoms with E-state index in [9.17, 15) is 4.79 Å². The molecule has 1 aromatic rings. The van der Waals surface area contributed by atoms with Crippen LogP contribution in [0.1, 0.15) is 45.7 Å². The molecule has 0 spiro atoms. The van der Waals surface area contributed by atoms with E-state index in [0.717, 1.165) is 12.8 Å². The number of carbonyl (C=O) groups is 1. The summed E-state index contributed by atoms with van der Waals surface area (Å²) >= 11 is 0. The van der Waals surface area contributed by atoms with E-state index >= 15 is 0 Å². The first kappa shape index (κ1) is 14.9. The largest absolute Gasteiger partial charge is 0.444 e. The predicted octanol–water partition coefficient (Wildman–Crippen LogP) is 3.70. The minimum absolute atomic E-state index is 0.230. The van der Waals surface area contributed by atoms with Gasteiger partial charge >= 0.3 is 6.09 Å². The van der Waals surface area contributed by atoms with Crippen LogP contribution in [0, 0.1) is 5.92 Å². The van der Waals surface area contributed by atoms with Gasteiger partial charge in [-0.15, -0.1) is 0 Å². The van der Waals surface area contributed by atoms with E-state index in [1.54, 1.807) is 0 Å². The fraction of sp³-hybridized carbons (Fsp3) is 0.588. The Kier molecular flexibility index (Phi) is 3.81. The van der Waals surface area contributed by atoms with E-state index in [-0.39, 0.29) is 11.6 Å². The predicted molar refractivity (Wildman–Crippen MR) is 80.8 cm³/mol. The number of fused-ring (bicyclic) bond motifs is 1. The highest BCUT2D eigenvalue weighted by molar-refractivity contribution is 5.69. The van der Waals surface area contributed by atoms with Gasteiger partial charge < -0.3 is 10.1 Å². The Bertz CT molecular complexity index is 475. The van der Waals surface area contributed by atoms with E-state index < -0.39 is 5.60 Å². The fourth-order valence-electron chi connectivity index (χ4n) is 2.79. The molecule has 3 nitrogen and oxygen atoms in total. The van der Waals surface area contributed by atoms with Gasteiger partial charge in [0.25, 0.3) is 0 Å². The van der Waals surface area contributed by atoms with Crippen molar-refractivity contribution in [3.05, 3.63) is 35.4 Å². The van der Waals surface area contributed by atoms with Crippen molar-refractivity contribution in [1.82, 2.24) is 5.32 Å². The second kappa shape index (κ2) is 5.12. The van der Waals surface area contributed by atoms with Gasteiger partial charge in [-0.1, -0.05) is 38.1 Å². The Hall–Kier alpha value is -1.51. The molecule has 0 bridgehead atoms. The minimum atomic E-state index is -0.465. The lowest BCUT2D eigenvalue weighted by Gasteiger charge is -2.35. The van der Waals surface area contributed by atoms with E-state index in [1.165, 1.54) is 11.1 Å². The van der Waals surface area contributed by atoms with E-state index in [4.69, 9.17) is 4.74 Å². The van der Waals surface area contributed by atoms with Crippen molar-refractivity contribution in [2.24, 2.45) is 5.92 Å². The van der Waals surface area contributed by atoms with Gasteiger partial charge in [0.05, 0.1) is 5.54 Å². The molecule has 1 amide bonds. The summed E-state index contributed by atoms with van der Waals surface area (Å²) in [6, 6.07) is 8.41. The zero-order valence-corrected chi connectivity index (χ0v) is 13.1. The fourth-order valence-corrected chi connectivity index (χ4v) is 2.79. The second-order valence-electron chi connectivity index (χ2n) is 7.06. The Morgan fingerprint density at radius 1 is 1.20 bits per heavy atom. The topological polar surface area (TPSA) is 38.3 Å². The molecule has 1 aromatic carbocycles. The van der Waals surface area contributed by atoms with Gasteiger partial charge in [-0.3, -0.25) is 0 Å². The summed E-state index contributed by atoms with van der Waals surface area (Å²) in [6.45, 7) is 9.97. The number of alkyl carbamates (subject to hydrolysis) is 1. The zero-order chi connectivity index (χ0) is 15.0. The molecule has 0 saturated heterocycles. The monoisotopic (exact) mass is 275 g/mol. The molecule has 0 heterocycles. The third-order valence-corrected chi connectivity index (χ3v) is 3.99. The SMILES string of the molecule is CC(C)C1(NC(=O)OC(C)(C)C)Cc2ccccc2C1. The van der Waals surface area contributed by atoms with Crippen molar-refractivity contribution < 1.29 is 9.53 Å². The Balaban J connectivity index is 2.16. The first-order chi connectivity index (χ1) is 9.22. The number of hydrogen-bond donors (Lipinski definition) is 1. The van der Waals surface area contributed by atoms with E-state index in [2.05, 4.69) is 43.4 Å². The quantitative estimate of drug-likeness (QED) is 0.893. The third-order valence-electron chi connectivity index (χ3n) is 3.99. The molecule has 1 aliphatic carbocycles. The number of carbonyl (C=O) groups excluding carboxylic acids is 1. The van der Waals surface area contributed by atoms with Crippen LogP contribution in [0.25, 0.3) is 0 Å². The molecule has 20 heavy (non-hydrogen) atoms. The van der Waals surface area contributed by atoms with Crippen LogP contribution in [-0.4, -0.2) is 17.2 Å². The molecule has 0 aliphatic heterocycles. The van der Waals surface area contributed by atoms with Crippen LogP contribution in [0.2, 0.25) is 0 Å². The summed E-state index contributed by atoms with van der Waals surface area (Å²) in [5.41, 5.74) is 1.97. The van der Waals surface area contributed by atoms with E-state index in [0.29, 0.717) is 5.92 Å². The molecule has 0 fully saturated rings. The van der Waals surface area contributed by atoms with Crippen LogP contribution < -0.4 is 5.32 Å². The van der Waals surface area contributed by atoms with Gasteiger partial charge in [0.1, 0.15) is 5.60 Å². The molecule has 3 heteroatoms. The number of ether oxygens (including phenoxy) is 1. The first-order valence-corrected chi connectivity index (χ1v) is 7.30. The van der Waals surface area contributed by atoms with Crippen molar-refractivity contribution in [2.75, 3.05) is 0 Å². The average Bonchev–Trinajstić information content (AvgIpc) is 2.65. The minimum Gasteiger partial charge on any atom is -0.444 e. The lowest BCUT2D eigenvalue weighted by Crippen LogP contribution is -2.54. The van der Waals surface area contributed by atoms with Gasteiger partial charge in [0.2, 0.25) is 0 Å². The van der Waals surface area contributed by atoms with Crippen LogP contribution in [0.15, 0.2) is 24.3 Å². The van der Waals surface area contributed by atoms with Gasteiger partial charge in [0.15, 0.2) is 0 Å². The van der Waals surface area contributed by atoms with Crippen LogP contribution in [-0.2, 0) is 17.6 Å². The highest BCUT2D eigenvalue weighted by Gasteiger charge is 2.41. The van der Waals surface area contributed by atoms with Crippen molar-refractivity contribution in [1.29, 1.82) is 0 Å². The summed E-state index contributed by atoms with van der Waals surface area (Å²) < 4.78 is 5.42. The van der Waals surface area contributed by atoms with Crippen molar-refractivity contribution >= 4 is 6.09 Å². The number of amides is 1. The van der Waals surface area contributed by atoms with Gasteiger partial charge in [-0.25, -0.2) is 4.79 Å². The number of hydrogen-bond acceptors (Lipinski definition) is 2. The smallest absolute Gasteiger partial charge is 0.408 e. The summed E-state index contributed by atoms with van der Waals surface area (Å²) in [7, 11) is 0. The van der Waals surface area contributed by atoms with Crippen LogP contribution in [0.5, 0.6) is 0 Å². The molecule has 0 saturated carbocycles. The molecule has 2 rings (SSSR count).